The Morgan fingerprint density at radius 3 is 2.79 bits per heavy atom. The molecule has 1 aromatic heterocycles. The second kappa shape index (κ2) is 3.26. The molecule has 0 aliphatic rings. The van der Waals surface area contributed by atoms with Crippen molar-refractivity contribution < 1.29 is 0 Å². The van der Waals surface area contributed by atoms with Gasteiger partial charge in [-0.15, -0.1) is 0 Å². The van der Waals surface area contributed by atoms with Gasteiger partial charge in [0, 0.05) is 5.02 Å². The smallest absolute Gasteiger partial charge is 0.260 e. The topological polar surface area (TPSA) is 45.8 Å². The number of nitrogens with one attached hydrogen (secondary N) is 1. The quantitative estimate of drug-likeness (QED) is 0.754. The highest BCUT2D eigenvalue weighted by atomic mass is 35.5. The Balaban J connectivity index is 3.02. The highest BCUT2D eigenvalue weighted by Crippen LogP contribution is 2.23. The van der Waals surface area contributed by atoms with E-state index in [1.165, 1.54) is 6.07 Å². The molecule has 0 saturated heterocycles. The Hall–Kier alpha value is -1.06. The summed E-state index contributed by atoms with van der Waals surface area (Å²) in [7, 11) is 0. The number of fused-ring (bicyclic) bond motifs is 1. The van der Waals surface area contributed by atoms with Gasteiger partial charge < -0.3 is 4.98 Å². The fourth-order valence-corrected chi connectivity index (χ4v) is 1.88. The molecule has 2 rings (SSSR count). The van der Waals surface area contributed by atoms with E-state index >= 15 is 0 Å². The first-order valence-corrected chi connectivity index (χ1v) is 4.69. The number of benzene rings is 1. The Morgan fingerprint density at radius 2 is 2.07 bits per heavy atom. The van der Waals surface area contributed by atoms with Crippen LogP contribution in [0.4, 0.5) is 0 Å². The molecule has 0 fully saturated rings. The molecule has 0 amide bonds. The van der Waals surface area contributed by atoms with Gasteiger partial charge in [-0.1, -0.05) is 23.2 Å². The third-order valence-electron chi connectivity index (χ3n) is 1.84. The monoisotopic (exact) mass is 228 g/mol. The van der Waals surface area contributed by atoms with E-state index in [0.717, 1.165) is 0 Å². The predicted molar refractivity (Wildman–Crippen MR) is 57.1 cm³/mol. The molecule has 72 valence electrons. The first-order chi connectivity index (χ1) is 6.58. The molecule has 0 unspecified atom stereocenters. The first kappa shape index (κ1) is 9.49. The zero-order valence-electron chi connectivity index (χ0n) is 7.27. The Labute approximate surface area is 89.7 Å². The Kier molecular flexibility index (Phi) is 2.21. The van der Waals surface area contributed by atoms with Crippen LogP contribution >= 0.6 is 23.2 Å². The zero-order chi connectivity index (χ0) is 10.3. The molecule has 1 heterocycles. The third-order valence-corrected chi connectivity index (χ3v) is 2.36. The van der Waals surface area contributed by atoms with Gasteiger partial charge in [0.25, 0.3) is 5.56 Å². The summed E-state index contributed by atoms with van der Waals surface area (Å²) in [5.74, 6) is 0.542. The van der Waals surface area contributed by atoms with Gasteiger partial charge in [-0.2, -0.15) is 0 Å². The number of H-pyrrole nitrogens is 1. The van der Waals surface area contributed by atoms with Crippen LogP contribution in [0.25, 0.3) is 10.9 Å². The summed E-state index contributed by atoms with van der Waals surface area (Å²) in [5, 5.41) is 1.17. The van der Waals surface area contributed by atoms with Crippen LogP contribution in [-0.2, 0) is 0 Å². The van der Waals surface area contributed by atoms with Gasteiger partial charge in [0.15, 0.2) is 0 Å². The summed E-state index contributed by atoms with van der Waals surface area (Å²) in [6.07, 6.45) is 0. The minimum absolute atomic E-state index is 0.242. The van der Waals surface area contributed by atoms with Gasteiger partial charge in [-0.05, 0) is 19.1 Å². The summed E-state index contributed by atoms with van der Waals surface area (Å²) in [5.41, 5.74) is 0.276. The van der Waals surface area contributed by atoms with E-state index in [4.69, 9.17) is 23.2 Å². The average molecular weight is 229 g/mol. The van der Waals surface area contributed by atoms with Gasteiger partial charge in [0.05, 0.1) is 15.9 Å². The standard InChI is InChI=1S/C9H6Cl2N2O/c1-4-12-7-3-5(10)2-6(11)8(7)9(14)13-4/h2-3H,1H3,(H,12,13,14). The number of nitrogens with zero attached hydrogens (tertiary/aromatic N) is 1. The van der Waals surface area contributed by atoms with Crippen molar-refractivity contribution in [1.82, 2.24) is 9.97 Å². The van der Waals surface area contributed by atoms with Crippen LogP contribution in [0.5, 0.6) is 0 Å². The van der Waals surface area contributed by atoms with Gasteiger partial charge in [0.2, 0.25) is 0 Å². The van der Waals surface area contributed by atoms with Crippen molar-refractivity contribution in [3.05, 3.63) is 38.4 Å². The van der Waals surface area contributed by atoms with Crippen molar-refractivity contribution in [3.63, 3.8) is 0 Å². The highest BCUT2D eigenvalue weighted by molar-refractivity contribution is 6.38. The van der Waals surface area contributed by atoms with Crippen molar-refractivity contribution in [2.45, 2.75) is 6.92 Å². The second-order valence-electron chi connectivity index (χ2n) is 2.93. The first-order valence-electron chi connectivity index (χ1n) is 3.93. The van der Waals surface area contributed by atoms with E-state index in [2.05, 4.69) is 9.97 Å². The largest absolute Gasteiger partial charge is 0.310 e. The number of aromatic amines is 1. The number of rotatable bonds is 0. The lowest BCUT2D eigenvalue weighted by atomic mass is 10.2. The maximum atomic E-state index is 11.5. The van der Waals surface area contributed by atoms with Crippen LogP contribution < -0.4 is 5.56 Å². The van der Waals surface area contributed by atoms with E-state index in [0.29, 0.717) is 26.8 Å². The fraction of sp³-hybridized carbons (Fsp3) is 0.111. The van der Waals surface area contributed by atoms with Crippen molar-refractivity contribution in [1.29, 1.82) is 0 Å². The molecule has 1 N–H and O–H groups in total. The zero-order valence-corrected chi connectivity index (χ0v) is 8.78. The van der Waals surface area contributed by atoms with Gasteiger partial charge in [0.1, 0.15) is 5.82 Å². The minimum Gasteiger partial charge on any atom is -0.310 e. The lowest BCUT2D eigenvalue weighted by Gasteiger charge is -2.01. The number of hydrogen-bond donors (Lipinski definition) is 1. The van der Waals surface area contributed by atoms with Crippen LogP contribution in [0.3, 0.4) is 0 Å². The number of halogens is 2. The molecule has 0 radical (unpaired) electrons. The third kappa shape index (κ3) is 1.49. The Morgan fingerprint density at radius 1 is 1.36 bits per heavy atom. The molecule has 2 aromatic rings. The van der Waals surface area contributed by atoms with Crippen LogP contribution in [-0.4, -0.2) is 9.97 Å². The van der Waals surface area contributed by atoms with Gasteiger partial charge in [-0.25, -0.2) is 4.98 Å². The van der Waals surface area contributed by atoms with E-state index in [-0.39, 0.29) is 5.56 Å². The summed E-state index contributed by atoms with van der Waals surface area (Å²) in [6.45, 7) is 1.70. The number of hydrogen-bond acceptors (Lipinski definition) is 2. The van der Waals surface area contributed by atoms with E-state index in [1.54, 1.807) is 13.0 Å². The molecule has 1 aromatic carbocycles. The molecule has 0 saturated carbocycles. The Bertz CT molecular complexity index is 557. The molecular weight excluding hydrogens is 223 g/mol. The number of aryl methyl sites for hydroxylation is 1. The predicted octanol–water partition coefficient (Wildman–Crippen LogP) is 2.54. The van der Waals surface area contributed by atoms with Gasteiger partial charge >= 0.3 is 0 Å². The number of aromatic nitrogens is 2. The molecule has 0 aliphatic heterocycles. The molecule has 0 atom stereocenters. The molecule has 0 bridgehead atoms. The fourth-order valence-electron chi connectivity index (χ4n) is 1.31. The average Bonchev–Trinajstić information content (AvgIpc) is 1.99. The molecule has 0 spiro atoms. The van der Waals surface area contributed by atoms with Crippen molar-refractivity contribution in [3.8, 4) is 0 Å². The summed E-state index contributed by atoms with van der Waals surface area (Å²) < 4.78 is 0. The molecule has 0 aliphatic carbocycles. The lowest BCUT2D eigenvalue weighted by molar-refractivity contribution is 1.06. The van der Waals surface area contributed by atoms with E-state index in [9.17, 15) is 4.79 Å². The summed E-state index contributed by atoms with van der Waals surface area (Å²) in [4.78, 5) is 18.2. The van der Waals surface area contributed by atoms with Crippen LogP contribution in [0.1, 0.15) is 5.82 Å². The molecule has 5 heteroatoms. The van der Waals surface area contributed by atoms with E-state index < -0.39 is 0 Å². The van der Waals surface area contributed by atoms with Gasteiger partial charge in [-0.3, -0.25) is 4.79 Å². The van der Waals surface area contributed by atoms with Crippen molar-refractivity contribution >= 4 is 34.1 Å². The molecular formula is C9H6Cl2N2O. The molecule has 3 nitrogen and oxygen atoms in total. The maximum absolute atomic E-state index is 11.5. The maximum Gasteiger partial charge on any atom is 0.260 e. The van der Waals surface area contributed by atoms with Crippen LogP contribution in [0.2, 0.25) is 10.0 Å². The summed E-state index contributed by atoms with van der Waals surface area (Å²) in [6, 6.07) is 3.14. The van der Waals surface area contributed by atoms with Crippen molar-refractivity contribution in [2.24, 2.45) is 0 Å². The normalized spacial score (nSPS) is 10.8. The highest BCUT2D eigenvalue weighted by Gasteiger charge is 2.07. The van der Waals surface area contributed by atoms with Crippen molar-refractivity contribution in [2.75, 3.05) is 0 Å². The summed E-state index contributed by atoms with van der Waals surface area (Å²) >= 11 is 11.7. The molecule has 14 heavy (non-hydrogen) atoms. The minimum atomic E-state index is -0.242. The van der Waals surface area contributed by atoms with Crippen LogP contribution in [0.15, 0.2) is 16.9 Å². The van der Waals surface area contributed by atoms with E-state index in [1.807, 2.05) is 0 Å². The van der Waals surface area contributed by atoms with Crippen LogP contribution in [0, 0.1) is 6.92 Å². The second-order valence-corrected chi connectivity index (χ2v) is 3.78. The SMILES string of the molecule is Cc1nc2cc(Cl)cc(Cl)c2c(=O)[nH]1. The lowest BCUT2D eigenvalue weighted by Crippen LogP contribution is -2.09.